The summed E-state index contributed by atoms with van der Waals surface area (Å²) in [7, 11) is 1.77. The van der Waals surface area contributed by atoms with Gasteiger partial charge in [0.25, 0.3) is 0 Å². The molecule has 0 aliphatic carbocycles. The van der Waals surface area contributed by atoms with Crippen LogP contribution in [0.15, 0.2) is 42.6 Å². The molecule has 27 heavy (non-hydrogen) atoms. The third-order valence-electron chi connectivity index (χ3n) is 3.94. The number of hydrogen-bond acceptors (Lipinski definition) is 7. The smallest absolute Gasteiger partial charge is 0.338 e. The minimum atomic E-state index is -0.515. The zero-order valence-corrected chi connectivity index (χ0v) is 15.9. The summed E-state index contributed by atoms with van der Waals surface area (Å²) < 4.78 is 5.59. The fraction of sp³-hybridized carbons (Fsp3) is 0.300. The van der Waals surface area contributed by atoms with Crippen LogP contribution in [0.5, 0.6) is 0 Å². The summed E-state index contributed by atoms with van der Waals surface area (Å²) in [6.45, 7) is 5.86. The van der Waals surface area contributed by atoms with Crippen LogP contribution in [0.25, 0.3) is 10.9 Å². The van der Waals surface area contributed by atoms with Crippen molar-refractivity contribution in [2.24, 2.45) is 0 Å². The molecule has 0 bridgehead atoms. The molecule has 1 aromatic carbocycles. The third-order valence-corrected chi connectivity index (χ3v) is 3.94. The van der Waals surface area contributed by atoms with Gasteiger partial charge in [-0.25, -0.2) is 19.7 Å². The van der Waals surface area contributed by atoms with Crippen LogP contribution in [0.1, 0.15) is 42.9 Å². The topological polar surface area (TPSA) is 89.0 Å². The molecule has 0 radical (unpaired) electrons. The summed E-state index contributed by atoms with van der Waals surface area (Å²) in [4.78, 5) is 25.8. The SMILES string of the molecule is CNc1ncc2cc(C(C)OC(=O)c3ccccc3)nc(NC(C)C)c2n1. The molecule has 2 N–H and O–H groups in total. The normalized spacial score (nSPS) is 12.0. The first-order chi connectivity index (χ1) is 13.0. The average Bonchev–Trinajstić information content (AvgIpc) is 2.67. The molecule has 0 aliphatic heterocycles. The van der Waals surface area contributed by atoms with Crippen molar-refractivity contribution in [3.8, 4) is 0 Å². The van der Waals surface area contributed by atoms with Crippen LogP contribution in [0.2, 0.25) is 0 Å². The molecule has 0 saturated carbocycles. The number of esters is 1. The molecule has 2 heterocycles. The van der Waals surface area contributed by atoms with E-state index in [-0.39, 0.29) is 12.0 Å². The van der Waals surface area contributed by atoms with E-state index in [0.29, 0.717) is 28.5 Å². The number of nitrogens with zero attached hydrogens (tertiary/aromatic N) is 3. The molecule has 1 atom stereocenters. The minimum absolute atomic E-state index is 0.172. The van der Waals surface area contributed by atoms with Crippen molar-refractivity contribution < 1.29 is 9.53 Å². The van der Waals surface area contributed by atoms with Crippen molar-refractivity contribution in [2.45, 2.75) is 32.9 Å². The zero-order valence-electron chi connectivity index (χ0n) is 15.9. The molecule has 140 valence electrons. The summed E-state index contributed by atoms with van der Waals surface area (Å²) >= 11 is 0. The lowest BCUT2D eigenvalue weighted by molar-refractivity contribution is 0.0330. The molecule has 7 heteroatoms. The molecule has 3 rings (SSSR count). The quantitative estimate of drug-likeness (QED) is 0.642. The van der Waals surface area contributed by atoms with Crippen molar-refractivity contribution in [2.75, 3.05) is 17.7 Å². The van der Waals surface area contributed by atoms with E-state index in [1.165, 1.54) is 0 Å². The standard InChI is InChI=1S/C20H23N5O2/c1-12(2)23-18-17-15(11-22-20(21-4)25-17)10-16(24-18)13(3)27-19(26)14-8-6-5-7-9-14/h5-13H,1-4H3,(H,23,24)(H,21,22,25). The van der Waals surface area contributed by atoms with E-state index < -0.39 is 6.10 Å². The molecule has 0 saturated heterocycles. The second-order valence-electron chi connectivity index (χ2n) is 6.49. The van der Waals surface area contributed by atoms with E-state index in [0.717, 1.165) is 5.39 Å². The Morgan fingerprint density at radius 1 is 1.11 bits per heavy atom. The first-order valence-electron chi connectivity index (χ1n) is 8.86. The minimum Gasteiger partial charge on any atom is -0.453 e. The summed E-state index contributed by atoms with van der Waals surface area (Å²) in [6, 6.07) is 10.9. The lowest BCUT2D eigenvalue weighted by Gasteiger charge is -2.17. The van der Waals surface area contributed by atoms with Gasteiger partial charge in [0.05, 0.1) is 11.3 Å². The van der Waals surface area contributed by atoms with Crippen molar-refractivity contribution in [3.05, 3.63) is 53.9 Å². The van der Waals surface area contributed by atoms with Gasteiger partial charge in [0.1, 0.15) is 11.6 Å². The molecule has 3 aromatic rings. The number of rotatable bonds is 6. The Morgan fingerprint density at radius 3 is 2.52 bits per heavy atom. The van der Waals surface area contributed by atoms with Crippen LogP contribution in [-0.4, -0.2) is 34.0 Å². The number of hydrogen-bond donors (Lipinski definition) is 2. The zero-order chi connectivity index (χ0) is 19.4. The highest BCUT2D eigenvalue weighted by Crippen LogP contribution is 2.26. The highest BCUT2D eigenvalue weighted by molar-refractivity contribution is 5.90. The van der Waals surface area contributed by atoms with E-state index in [4.69, 9.17) is 4.74 Å². The van der Waals surface area contributed by atoms with Gasteiger partial charge >= 0.3 is 5.97 Å². The molecule has 1 unspecified atom stereocenters. The van der Waals surface area contributed by atoms with Crippen molar-refractivity contribution in [3.63, 3.8) is 0 Å². The van der Waals surface area contributed by atoms with Crippen LogP contribution in [0.3, 0.4) is 0 Å². The van der Waals surface area contributed by atoms with Gasteiger partial charge in [-0.2, -0.15) is 0 Å². The van der Waals surface area contributed by atoms with Crippen LogP contribution in [-0.2, 0) is 4.74 Å². The first-order valence-corrected chi connectivity index (χ1v) is 8.86. The Balaban J connectivity index is 1.94. The van der Waals surface area contributed by atoms with Crippen molar-refractivity contribution in [1.29, 1.82) is 0 Å². The lowest BCUT2D eigenvalue weighted by Crippen LogP contribution is -2.15. The number of ether oxygens (including phenoxy) is 1. The van der Waals surface area contributed by atoms with Gasteiger partial charge in [-0.05, 0) is 39.0 Å². The van der Waals surface area contributed by atoms with Gasteiger partial charge in [-0.15, -0.1) is 0 Å². The molecule has 0 aliphatic rings. The van der Waals surface area contributed by atoms with Crippen molar-refractivity contribution >= 4 is 28.6 Å². The van der Waals surface area contributed by atoms with Gasteiger partial charge in [0.15, 0.2) is 5.82 Å². The highest BCUT2D eigenvalue weighted by Gasteiger charge is 2.18. The number of fused-ring (bicyclic) bond motifs is 1. The number of aromatic nitrogens is 3. The number of nitrogens with one attached hydrogen (secondary N) is 2. The summed E-state index contributed by atoms with van der Waals surface area (Å²) in [5.74, 6) is 0.775. The molecular formula is C20H23N5O2. The summed E-state index contributed by atoms with van der Waals surface area (Å²) in [5, 5.41) is 7.07. The summed E-state index contributed by atoms with van der Waals surface area (Å²) in [5.41, 5.74) is 1.86. The largest absolute Gasteiger partial charge is 0.453 e. The third kappa shape index (κ3) is 4.31. The Hall–Kier alpha value is -3.22. The van der Waals surface area contributed by atoms with Gasteiger partial charge < -0.3 is 15.4 Å². The van der Waals surface area contributed by atoms with Crippen LogP contribution < -0.4 is 10.6 Å². The molecule has 0 spiro atoms. The maximum atomic E-state index is 12.3. The number of pyridine rings is 1. The van der Waals surface area contributed by atoms with Gasteiger partial charge in [0, 0.05) is 24.7 Å². The fourth-order valence-corrected chi connectivity index (χ4v) is 2.63. The highest BCUT2D eigenvalue weighted by atomic mass is 16.5. The van der Waals surface area contributed by atoms with Gasteiger partial charge in [-0.3, -0.25) is 0 Å². The number of carbonyl (C=O) groups is 1. The van der Waals surface area contributed by atoms with Crippen LogP contribution in [0, 0.1) is 0 Å². The predicted molar refractivity (Wildman–Crippen MR) is 106 cm³/mol. The van der Waals surface area contributed by atoms with E-state index in [9.17, 15) is 4.79 Å². The molecule has 2 aromatic heterocycles. The van der Waals surface area contributed by atoms with Crippen LogP contribution in [0.4, 0.5) is 11.8 Å². The first kappa shape index (κ1) is 18.6. The van der Waals surface area contributed by atoms with Crippen LogP contribution >= 0.6 is 0 Å². The van der Waals surface area contributed by atoms with E-state index in [1.807, 2.05) is 26.0 Å². The maximum absolute atomic E-state index is 12.3. The fourth-order valence-electron chi connectivity index (χ4n) is 2.63. The van der Waals surface area contributed by atoms with E-state index in [2.05, 4.69) is 25.6 Å². The Kier molecular flexibility index (Phi) is 5.49. The Morgan fingerprint density at radius 2 is 1.85 bits per heavy atom. The van der Waals surface area contributed by atoms with Gasteiger partial charge in [-0.1, -0.05) is 18.2 Å². The maximum Gasteiger partial charge on any atom is 0.338 e. The Labute approximate surface area is 158 Å². The summed E-state index contributed by atoms with van der Waals surface area (Å²) in [6.07, 6.45) is 1.22. The second kappa shape index (κ2) is 7.99. The predicted octanol–water partition coefficient (Wildman–Crippen LogP) is 3.80. The number of benzene rings is 1. The molecular weight excluding hydrogens is 342 g/mol. The Bertz CT molecular complexity index is 944. The van der Waals surface area contributed by atoms with Gasteiger partial charge in [0.2, 0.25) is 5.95 Å². The lowest BCUT2D eigenvalue weighted by atomic mass is 10.1. The van der Waals surface area contributed by atoms with E-state index in [1.54, 1.807) is 44.4 Å². The average molecular weight is 365 g/mol. The molecule has 7 nitrogen and oxygen atoms in total. The number of anilines is 2. The monoisotopic (exact) mass is 365 g/mol. The molecule has 0 fully saturated rings. The second-order valence-corrected chi connectivity index (χ2v) is 6.49. The number of carbonyl (C=O) groups excluding carboxylic acids is 1. The molecule has 0 amide bonds. The van der Waals surface area contributed by atoms with E-state index >= 15 is 0 Å². The van der Waals surface area contributed by atoms with Crippen molar-refractivity contribution in [1.82, 2.24) is 15.0 Å².